The average molecular weight is 295 g/mol. The molecule has 0 radical (unpaired) electrons. The van der Waals surface area contributed by atoms with Gasteiger partial charge in [-0.1, -0.05) is 42.5 Å². The maximum Gasteiger partial charge on any atom is 0.123 e. The number of pyridine rings is 1. The fraction of sp³-hybridized carbons (Fsp3) is 0.167. The molecule has 3 rings (SSSR count). The third-order valence-electron chi connectivity index (χ3n) is 3.50. The lowest BCUT2D eigenvalue weighted by atomic mass is 10.1. The average Bonchev–Trinajstić information content (AvgIpc) is 2.59. The molecule has 112 valence electrons. The monoisotopic (exact) mass is 295 g/mol. The zero-order valence-corrected chi connectivity index (χ0v) is 12.1. The summed E-state index contributed by atoms with van der Waals surface area (Å²) in [6.07, 6.45) is 0. The Hall–Kier alpha value is -2.43. The highest BCUT2D eigenvalue weighted by Gasteiger charge is 2.05. The molecule has 0 aliphatic carbocycles. The van der Waals surface area contributed by atoms with E-state index >= 15 is 0 Å². The van der Waals surface area contributed by atoms with Gasteiger partial charge >= 0.3 is 0 Å². The van der Waals surface area contributed by atoms with Gasteiger partial charge in [0, 0.05) is 12.1 Å². The normalized spacial score (nSPS) is 10.8. The zero-order valence-electron chi connectivity index (χ0n) is 12.1. The highest BCUT2D eigenvalue weighted by Crippen LogP contribution is 2.21. The van der Waals surface area contributed by atoms with Crippen molar-refractivity contribution in [3.8, 4) is 5.75 Å². The van der Waals surface area contributed by atoms with Gasteiger partial charge in [-0.15, -0.1) is 0 Å². The van der Waals surface area contributed by atoms with Crippen molar-refractivity contribution in [2.75, 3.05) is 0 Å². The minimum atomic E-state index is -0.182. The van der Waals surface area contributed by atoms with E-state index in [0.717, 1.165) is 10.9 Å². The lowest BCUT2D eigenvalue weighted by Gasteiger charge is -2.11. The van der Waals surface area contributed by atoms with E-state index in [1.54, 1.807) is 12.1 Å². The van der Waals surface area contributed by atoms with Crippen molar-refractivity contribution < 1.29 is 14.9 Å². The maximum atomic E-state index is 9.21. The van der Waals surface area contributed by atoms with E-state index in [0.29, 0.717) is 23.7 Å². The Bertz CT molecular complexity index is 759. The summed E-state index contributed by atoms with van der Waals surface area (Å²) in [5.41, 5.74) is 2.06. The third kappa shape index (κ3) is 3.08. The predicted molar refractivity (Wildman–Crippen MR) is 84.4 cm³/mol. The number of hydrogen-bond acceptors (Lipinski definition) is 4. The molecule has 2 N–H and O–H groups in total. The second-order valence-corrected chi connectivity index (χ2v) is 5.03. The first-order chi connectivity index (χ1) is 10.8. The molecule has 4 nitrogen and oxygen atoms in total. The largest absolute Gasteiger partial charge is 0.489 e. The summed E-state index contributed by atoms with van der Waals surface area (Å²) in [4.78, 5) is 4.10. The quantitative estimate of drug-likeness (QED) is 0.760. The number of aliphatic hydroxyl groups excluding tert-OH is 2. The lowest BCUT2D eigenvalue weighted by molar-refractivity contribution is 0.260. The molecule has 0 aliphatic rings. The number of aromatic nitrogens is 1. The van der Waals surface area contributed by atoms with Crippen LogP contribution < -0.4 is 4.74 Å². The molecule has 1 aromatic heterocycles. The maximum absolute atomic E-state index is 9.21. The van der Waals surface area contributed by atoms with E-state index in [-0.39, 0.29) is 13.2 Å². The van der Waals surface area contributed by atoms with Crippen LogP contribution in [0.5, 0.6) is 5.75 Å². The van der Waals surface area contributed by atoms with E-state index in [9.17, 15) is 10.2 Å². The van der Waals surface area contributed by atoms with E-state index in [2.05, 4.69) is 23.2 Å². The number of rotatable bonds is 5. The van der Waals surface area contributed by atoms with E-state index in [1.807, 2.05) is 24.3 Å². The molecule has 0 unspecified atom stereocenters. The van der Waals surface area contributed by atoms with Crippen LogP contribution in [0.1, 0.15) is 17.0 Å². The molecular formula is C18H17NO3. The van der Waals surface area contributed by atoms with Gasteiger partial charge in [0.25, 0.3) is 0 Å². The van der Waals surface area contributed by atoms with E-state index < -0.39 is 0 Å². The van der Waals surface area contributed by atoms with Gasteiger partial charge in [-0.3, -0.25) is 4.98 Å². The SMILES string of the molecule is OCc1cc(OCc2cccc3ccccc23)cc(CO)n1. The van der Waals surface area contributed by atoms with Crippen LogP contribution in [0.4, 0.5) is 0 Å². The van der Waals surface area contributed by atoms with Crippen molar-refractivity contribution in [2.45, 2.75) is 19.8 Å². The van der Waals surface area contributed by atoms with Crippen molar-refractivity contribution in [3.63, 3.8) is 0 Å². The molecule has 0 saturated carbocycles. The highest BCUT2D eigenvalue weighted by atomic mass is 16.5. The van der Waals surface area contributed by atoms with Gasteiger partial charge in [-0.25, -0.2) is 0 Å². The molecule has 4 heteroatoms. The smallest absolute Gasteiger partial charge is 0.123 e. The van der Waals surface area contributed by atoms with Gasteiger partial charge in [-0.2, -0.15) is 0 Å². The molecule has 2 aromatic carbocycles. The fourth-order valence-electron chi connectivity index (χ4n) is 2.44. The summed E-state index contributed by atoms with van der Waals surface area (Å²) in [6, 6.07) is 17.6. The molecule has 3 aromatic rings. The van der Waals surface area contributed by atoms with Crippen LogP contribution in [-0.4, -0.2) is 15.2 Å². The summed E-state index contributed by atoms with van der Waals surface area (Å²) in [5.74, 6) is 0.594. The van der Waals surface area contributed by atoms with Crippen LogP contribution >= 0.6 is 0 Å². The molecule has 0 fully saturated rings. The minimum absolute atomic E-state index is 0.182. The van der Waals surface area contributed by atoms with Crippen LogP contribution in [0.25, 0.3) is 10.8 Å². The molecule has 0 amide bonds. The fourth-order valence-corrected chi connectivity index (χ4v) is 2.44. The van der Waals surface area contributed by atoms with Crippen molar-refractivity contribution in [1.82, 2.24) is 4.98 Å². The van der Waals surface area contributed by atoms with Gasteiger partial charge in [0.1, 0.15) is 12.4 Å². The van der Waals surface area contributed by atoms with E-state index in [4.69, 9.17) is 4.74 Å². The standard InChI is InChI=1S/C18H17NO3/c20-10-15-8-17(9-16(11-21)19-15)22-12-14-6-3-5-13-4-1-2-7-18(13)14/h1-9,20-21H,10-12H2. The number of nitrogens with zero attached hydrogens (tertiary/aromatic N) is 1. The predicted octanol–water partition coefficient (Wildman–Crippen LogP) is 2.80. The molecule has 0 spiro atoms. The minimum Gasteiger partial charge on any atom is -0.489 e. The van der Waals surface area contributed by atoms with Gasteiger partial charge in [0.15, 0.2) is 0 Å². The topological polar surface area (TPSA) is 62.6 Å². The molecule has 0 saturated heterocycles. The van der Waals surface area contributed by atoms with Crippen molar-refractivity contribution in [1.29, 1.82) is 0 Å². The number of ether oxygens (including phenoxy) is 1. The molecule has 0 atom stereocenters. The first kappa shape index (κ1) is 14.5. The van der Waals surface area contributed by atoms with E-state index in [1.165, 1.54) is 5.39 Å². The zero-order chi connectivity index (χ0) is 15.4. The summed E-state index contributed by atoms with van der Waals surface area (Å²) in [7, 11) is 0. The van der Waals surface area contributed by atoms with Gasteiger partial charge < -0.3 is 14.9 Å². The van der Waals surface area contributed by atoms with Crippen LogP contribution in [0.2, 0.25) is 0 Å². The summed E-state index contributed by atoms with van der Waals surface area (Å²) in [5, 5.41) is 20.7. The number of aliphatic hydroxyl groups is 2. The van der Waals surface area contributed by atoms with Crippen molar-refractivity contribution >= 4 is 10.8 Å². The van der Waals surface area contributed by atoms with Crippen LogP contribution in [-0.2, 0) is 19.8 Å². The Morgan fingerprint density at radius 1 is 0.864 bits per heavy atom. The highest BCUT2D eigenvalue weighted by molar-refractivity contribution is 5.85. The molecule has 0 aliphatic heterocycles. The Labute approximate surface area is 128 Å². The third-order valence-corrected chi connectivity index (χ3v) is 3.50. The Kier molecular flexibility index (Phi) is 4.32. The number of benzene rings is 2. The van der Waals surface area contributed by atoms with Crippen LogP contribution in [0.15, 0.2) is 54.6 Å². The Balaban J connectivity index is 1.85. The summed E-state index contributed by atoms with van der Waals surface area (Å²) in [6.45, 7) is 0.0536. The first-order valence-corrected chi connectivity index (χ1v) is 7.11. The van der Waals surface area contributed by atoms with Gasteiger partial charge in [0.2, 0.25) is 0 Å². The van der Waals surface area contributed by atoms with Crippen LogP contribution in [0, 0.1) is 0 Å². The second kappa shape index (κ2) is 6.56. The molecule has 22 heavy (non-hydrogen) atoms. The van der Waals surface area contributed by atoms with Crippen molar-refractivity contribution in [2.24, 2.45) is 0 Å². The molecule has 1 heterocycles. The lowest BCUT2D eigenvalue weighted by Crippen LogP contribution is -2.01. The second-order valence-electron chi connectivity index (χ2n) is 5.03. The summed E-state index contributed by atoms with van der Waals surface area (Å²) >= 11 is 0. The number of fused-ring (bicyclic) bond motifs is 1. The number of hydrogen-bond donors (Lipinski definition) is 2. The van der Waals surface area contributed by atoms with Crippen LogP contribution in [0.3, 0.4) is 0 Å². The van der Waals surface area contributed by atoms with Gasteiger partial charge in [0.05, 0.1) is 24.6 Å². The van der Waals surface area contributed by atoms with Crippen molar-refractivity contribution in [3.05, 3.63) is 71.5 Å². The Morgan fingerprint density at radius 2 is 1.55 bits per heavy atom. The Morgan fingerprint density at radius 3 is 2.27 bits per heavy atom. The van der Waals surface area contributed by atoms with Gasteiger partial charge in [-0.05, 0) is 16.3 Å². The molecular weight excluding hydrogens is 278 g/mol. The summed E-state index contributed by atoms with van der Waals surface area (Å²) < 4.78 is 5.82. The molecule has 0 bridgehead atoms. The first-order valence-electron chi connectivity index (χ1n) is 7.11.